The van der Waals surface area contributed by atoms with Crippen LogP contribution in [0.4, 0.5) is 10.1 Å². The van der Waals surface area contributed by atoms with E-state index < -0.39 is 21.7 Å². The van der Waals surface area contributed by atoms with Crippen LogP contribution in [0, 0.1) is 12.7 Å². The van der Waals surface area contributed by atoms with Gasteiger partial charge in [-0.25, -0.2) is 17.5 Å². The number of amides is 1. The molecule has 0 spiro atoms. The smallest absolute Gasteiger partial charge is 0.255 e. The fourth-order valence-electron chi connectivity index (χ4n) is 2.38. The van der Waals surface area contributed by atoms with Gasteiger partial charge < -0.3 is 9.73 Å². The van der Waals surface area contributed by atoms with E-state index in [0.717, 1.165) is 5.56 Å². The average Bonchev–Trinajstić information content (AvgIpc) is 3.17. The quantitative estimate of drug-likeness (QED) is 0.677. The molecule has 0 unspecified atom stereocenters. The fourth-order valence-corrected chi connectivity index (χ4v) is 3.37. The molecule has 1 amide bonds. The molecular formula is C19H17FN2O4S. The van der Waals surface area contributed by atoms with Gasteiger partial charge in [0.15, 0.2) is 0 Å². The van der Waals surface area contributed by atoms with Crippen molar-refractivity contribution in [2.75, 3.05) is 5.32 Å². The minimum atomic E-state index is -3.75. The van der Waals surface area contributed by atoms with Gasteiger partial charge >= 0.3 is 0 Å². The summed E-state index contributed by atoms with van der Waals surface area (Å²) in [6, 6.07) is 13.1. The molecule has 0 fully saturated rings. The van der Waals surface area contributed by atoms with Crippen LogP contribution in [0.5, 0.6) is 0 Å². The monoisotopic (exact) mass is 388 g/mol. The number of carbonyl (C=O) groups excluding carboxylic acids is 1. The molecule has 0 atom stereocenters. The maximum Gasteiger partial charge on any atom is 0.255 e. The third kappa shape index (κ3) is 4.60. The summed E-state index contributed by atoms with van der Waals surface area (Å²) in [5, 5.41) is 2.48. The number of hydrogen-bond acceptors (Lipinski definition) is 4. The van der Waals surface area contributed by atoms with E-state index in [1.54, 1.807) is 25.1 Å². The number of halogens is 1. The van der Waals surface area contributed by atoms with Gasteiger partial charge in [-0.1, -0.05) is 6.07 Å². The van der Waals surface area contributed by atoms with Crippen LogP contribution >= 0.6 is 0 Å². The zero-order valence-electron chi connectivity index (χ0n) is 14.4. The fraction of sp³-hybridized carbons (Fsp3) is 0.105. The summed E-state index contributed by atoms with van der Waals surface area (Å²) in [6.45, 7) is 1.80. The van der Waals surface area contributed by atoms with Crippen LogP contribution in [0.15, 0.2) is 70.2 Å². The Morgan fingerprint density at radius 1 is 1.11 bits per heavy atom. The molecule has 3 aromatic rings. The molecule has 2 N–H and O–H groups in total. The molecule has 3 rings (SSSR count). The summed E-state index contributed by atoms with van der Waals surface area (Å²) in [7, 11) is -3.75. The van der Waals surface area contributed by atoms with Crippen LogP contribution in [0.1, 0.15) is 21.7 Å². The molecule has 0 radical (unpaired) electrons. The topological polar surface area (TPSA) is 88.4 Å². The first-order valence-corrected chi connectivity index (χ1v) is 9.53. The number of aryl methyl sites for hydroxylation is 1. The van der Waals surface area contributed by atoms with Crippen LogP contribution in [-0.2, 0) is 16.6 Å². The average molecular weight is 388 g/mol. The normalized spacial score (nSPS) is 11.3. The van der Waals surface area contributed by atoms with Gasteiger partial charge in [0.2, 0.25) is 10.0 Å². The molecule has 140 valence electrons. The van der Waals surface area contributed by atoms with Crippen molar-refractivity contribution in [1.29, 1.82) is 0 Å². The minimum absolute atomic E-state index is 0.00680. The molecule has 8 heteroatoms. The molecule has 0 saturated carbocycles. The van der Waals surface area contributed by atoms with Crippen molar-refractivity contribution in [2.45, 2.75) is 18.4 Å². The van der Waals surface area contributed by atoms with Crippen LogP contribution < -0.4 is 10.0 Å². The Morgan fingerprint density at radius 2 is 1.85 bits per heavy atom. The van der Waals surface area contributed by atoms with E-state index in [0.29, 0.717) is 5.76 Å². The standard InChI is InChI=1S/C19H17FN2O4S/c1-13-4-9-17(20)18(11-13)22-19(23)14-5-7-16(8-6-14)27(24,25)21-12-15-3-2-10-26-15/h2-11,21H,12H2,1H3,(H,22,23). The molecule has 6 nitrogen and oxygen atoms in total. The number of hydrogen-bond donors (Lipinski definition) is 2. The number of furan rings is 1. The van der Waals surface area contributed by atoms with Crippen LogP contribution in [0.25, 0.3) is 0 Å². The van der Waals surface area contributed by atoms with Gasteiger partial charge in [-0.05, 0) is 61.0 Å². The summed E-state index contributed by atoms with van der Waals surface area (Å²) in [5.41, 5.74) is 1.08. The Kier molecular flexibility index (Phi) is 5.38. The molecule has 0 aliphatic carbocycles. The van der Waals surface area contributed by atoms with Crippen molar-refractivity contribution < 1.29 is 22.0 Å². The minimum Gasteiger partial charge on any atom is -0.468 e. The highest BCUT2D eigenvalue weighted by Crippen LogP contribution is 2.18. The number of carbonyl (C=O) groups is 1. The Labute approximate surface area is 156 Å². The van der Waals surface area contributed by atoms with E-state index in [-0.39, 0.29) is 22.7 Å². The second kappa shape index (κ2) is 7.73. The van der Waals surface area contributed by atoms with E-state index in [1.165, 1.54) is 42.7 Å². The van der Waals surface area contributed by atoms with E-state index >= 15 is 0 Å². The van der Waals surface area contributed by atoms with Crippen LogP contribution in [0.2, 0.25) is 0 Å². The molecular weight excluding hydrogens is 371 g/mol. The van der Waals surface area contributed by atoms with E-state index in [2.05, 4.69) is 10.0 Å². The number of sulfonamides is 1. The second-order valence-electron chi connectivity index (χ2n) is 5.87. The van der Waals surface area contributed by atoms with Gasteiger partial charge in [0.1, 0.15) is 11.6 Å². The first kappa shape index (κ1) is 18.8. The lowest BCUT2D eigenvalue weighted by molar-refractivity contribution is 0.102. The Bertz CT molecular complexity index is 1050. The lowest BCUT2D eigenvalue weighted by Crippen LogP contribution is -2.23. The molecule has 1 aromatic heterocycles. The molecule has 0 bridgehead atoms. The lowest BCUT2D eigenvalue weighted by Gasteiger charge is -2.09. The van der Waals surface area contributed by atoms with Gasteiger partial charge in [0.05, 0.1) is 23.4 Å². The van der Waals surface area contributed by atoms with Gasteiger partial charge in [-0.2, -0.15) is 0 Å². The summed E-state index contributed by atoms with van der Waals surface area (Å²) in [5.74, 6) is -0.600. The summed E-state index contributed by atoms with van der Waals surface area (Å²) >= 11 is 0. The first-order chi connectivity index (χ1) is 12.8. The highest BCUT2D eigenvalue weighted by Gasteiger charge is 2.16. The van der Waals surface area contributed by atoms with E-state index in [4.69, 9.17) is 4.42 Å². The third-order valence-corrected chi connectivity index (χ3v) is 5.23. The first-order valence-electron chi connectivity index (χ1n) is 8.05. The number of anilines is 1. The van der Waals surface area contributed by atoms with E-state index in [1.807, 2.05) is 0 Å². The van der Waals surface area contributed by atoms with Gasteiger partial charge in [-0.15, -0.1) is 0 Å². The highest BCUT2D eigenvalue weighted by molar-refractivity contribution is 7.89. The maximum atomic E-state index is 13.8. The molecule has 27 heavy (non-hydrogen) atoms. The molecule has 2 aromatic carbocycles. The molecule has 0 aliphatic heterocycles. The Morgan fingerprint density at radius 3 is 2.52 bits per heavy atom. The Hall–Kier alpha value is -2.97. The van der Waals surface area contributed by atoms with Gasteiger partial charge in [-0.3, -0.25) is 4.79 Å². The number of rotatable bonds is 6. The van der Waals surface area contributed by atoms with Crippen LogP contribution in [0.3, 0.4) is 0 Å². The van der Waals surface area contributed by atoms with Crippen molar-refractivity contribution >= 4 is 21.6 Å². The second-order valence-corrected chi connectivity index (χ2v) is 7.63. The van der Waals surface area contributed by atoms with Gasteiger partial charge in [0.25, 0.3) is 5.91 Å². The SMILES string of the molecule is Cc1ccc(F)c(NC(=O)c2ccc(S(=O)(=O)NCc3ccco3)cc2)c1. The van der Waals surface area contributed by atoms with Crippen molar-refractivity contribution in [2.24, 2.45) is 0 Å². The summed E-state index contributed by atoms with van der Waals surface area (Å²) in [6.07, 6.45) is 1.45. The highest BCUT2D eigenvalue weighted by atomic mass is 32.2. The largest absolute Gasteiger partial charge is 0.468 e. The van der Waals surface area contributed by atoms with Gasteiger partial charge in [0, 0.05) is 5.56 Å². The van der Waals surface area contributed by atoms with Crippen LogP contribution in [-0.4, -0.2) is 14.3 Å². The summed E-state index contributed by atoms with van der Waals surface area (Å²) in [4.78, 5) is 12.3. The molecule has 1 heterocycles. The maximum absolute atomic E-state index is 13.8. The van der Waals surface area contributed by atoms with Crippen molar-refractivity contribution in [1.82, 2.24) is 4.72 Å². The summed E-state index contributed by atoms with van der Waals surface area (Å²) < 4.78 is 45.8. The zero-order chi connectivity index (χ0) is 19.4. The third-order valence-electron chi connectivity index (χ3n) is 3.81. The predicted molar refractivity (Wildman–Crippen MR) is 98.3 cm³/mol. The van der Waals surface area contributed by atoms with Crippen molar-refractivity contribution in [3.63, 3.8) is 0 Å². The number of nitrogens with one attached hydrogen (secondary N) is 2. The molecule has 0 aliphatic rings. The lowest BCUT2D eigenvalue weighted by atomic mass is 10.2. The van der Waals surface area contributed by atoms with Crippen molar-refractivity contribution in [3.05, 3.63) is 83.6 Å². The molecule has 0 saturated heterocycles. The zero-order valence-corrected chi connectivity index (χ0v) is 15.2. The van der Waals surface area contributed by atoms with Crippen molar-refractivity contribution in [3.8, 4) is 0 Å². The Balaban J connectivity index is 1.70. The predicted octanol–water partition coefficient (Wildman–Crippen LogP) is 3.46. The number of benzene rings is 2. The van der Waals surface area contributed by atoms with E-state index in [9.17, 15) is 17.6 Å².